The normalized spacial score (nSPS) is 31.2. The lowest BCUT2D eigenvalue weighted by atomic mass is 10.2. The van der Waals surface area contributed by atoms with Crippen molar-refractivity contribution in [3.8, 4) is 0 Å². The molecule has 0 atom stereocenters. The molecule has 0 saturated carbocycles. The molecule has 0 spiro atoms. The minimum atomic E-state index is 0.0254. The van der Waals surface area contributed by atoms with Crippen molar-refractivity contribution in [2.45, 2.75) is 19.3 Å². The maximum Gasteiger partial charge on any atom is 0.120 e. The Labute approximate surface area is 81.6 Å². The minimum Gasteiger partial charge on any atom is -0.257 e. The molecule has 0 amide bonds. The highest BCUT2D eigenvalue weighted by Gasteiger charge is 2.41. The maximum atomic E-state index is 2.75. The van der Waals surface area contributed by atoms with Crippen LogP contribution < -0.4 is 0 Å². The molecule has 3 fully saturated rings. The highest BCUT2D eigenvalue weighted by molar-refractivity contribution is 7.50. The Hall–Kier alpha value is 0.310. The first-order valence-corrected chi connectivity index (χ1v) is 6.70. The van der Waals surface area contributed by atoms with Gasteiger partial charge in [-0.1, -0.05) is 6.42 Å². The van der Waals surface area contributed by atoms with Gasteiger partial charge in [-0.25, -0.2) is 0 Å². The standard InChI is InChI=1S/C9H18N3P/c1-2-4-10(5-3-1)13(11-6-7-11)12-8-9-12/h1-9H2. The van der Waals surface area contributed by atoms with Crippen LogP contribution in [0.4, 0.5) is 0 Å². The number of rotatable bonds is 3. The van der Waals surface area contributed by atoms with Crippen LogP contribution in [0.3, 0.4) is 0 Å². The van der Waals surface area contributed by atoms with Gasteiger partial charge in [-0.15, -0.1) is 0 Å². The zero-order valence-corrected chi connectivity index (χ0v) is 9.05. The molecule has 0 aromatic carbocycles. The summed E-state index contributed by atoms with van der Waals surface area (Å²) in [5.41, 5.74) is 0. The van der Waals surface area contributed by atoms with E-state index in [1.165, 1.54) is 58.5 Å². The van der Waals surface area contributed by atoms with Crippen molar-refractivity contribution < 1.29 is 0 Å². The molecule has 74 valence electrons. The largest absolute Gasteiger partial charge is 0.257 e. The van der Waals surface area contributed by atoms with Crippen LogP contribution in [0.15, 0.2) is 0 Å². The number of nitrogens with zero attached hydrogens (tertiary/aromatic N) is 3. The molecule has 3 rings (SSSR count). The van der Waals surface area contributed by atoms with Crippen LogP contribution in [0, 0.1) is 0 Å². The van der Waals surface area contributed by atoms with Crippen molar-refractivity contribution >= 4 is 8.37 Å². The van der Waals surface area contributed by atoms with Crippen LogP contribution in [0.25, 0.3) is 0 Å². The van der Waals surface area contributed by atoms with Crippen LogP contribution in [0.1, 0.15) is 19.3 Å². The van der Waals surface area contributed by atoms with Gasteiger partial charge in [0.1, 0.15) is 8.37 Å². The van der Waals surface area contributed by atoms with Gasteiger partial charge in [0, 0.05) is 39.3 Å². The van der Waals surface area contributed by atoms with Crippen molar-refractivity contribution in [3.05, 3.63) is 0 Å². The van der Waals surface area contributed by atoms with Crippen molar-refractivity contribution in [2.75, 3.05) is 39.3 Å². The van der Waals surface area contributed by atoms with Crippen LogP contribution in [0.2, 0.25) is 0 Å². The Bertz CT molecular complexity index is 173. The zero-order chi connectivity index (χ0) is 8.67. The first-order chi connectivity index (χ1) is 6.45. The SMILES string of the molecule is C1CCN(P(N2CC2)N2CC2)CC1. The van der Waals surface area contributed by atoms with Crippen molar-refractivity contribution in [2.24, 2.45) is 0 Å². The van der Waals surface area contributed by atoms with E-state index in [9.17, 15) is 0 Å². The summed E-state index contributed by atoms with van der Waals surface area (Å²) >= 11 is 0. The molecule has 3 heterocycles. The summed E-state index contributed by atoms with van der Waals surface area (Å²) in [6.45, 7) is 8.16. The lowest BCUT2D eigenvalue weighted by Gasteiger charge is -2.35. The first kappa shape index (κ1) is 8.60. The van der Waals surface area contributed by atoms with Gasteiger partial charge in [0.15, 0.2) is 0 Å². The molecule has 0 aliphatic carbocycles. The van der Waals surface area contributed by atoms with E-state index in [1.54, 1.807) is 0 Å². The fourth-order valence-electron chi connectivity index (χ4n) is 2.04. The quantitative estimate of drug-likeness (QED) is 0.501. The summed E-state index contributed by atoms with van der Waals surface area (Å²) < 4.78 is 8.07. The lowest BCUT2D eigenvalue weighted by Crippen LogP contribution is -2.29. The highest BCUT2D eigenvalue weighted by atomic mass is 31.2. The average molecular weight is 199 g/mol. The Kier molecular flexibility index (Phi) is 2.30. The van der Waals surface area contributed by atoms with Gasteiger partial charge >= 0.3 is 0 Å². The summed E-state index contributed by atoms with van der Waals surface area (Å²) in [6, 6.07) is 0. The van der Waals surface area contributed by atoms with Gasteiger partial charge in [-0.3, -0.25) is 14.0 Å². The molecule has 0 aromatic rings. The van der Waals surface area contributed by atoms with Crippen LogP contribution >= 0.6 is 8.37 Å². The Morgan fingerprint density at radius 2 is 1.00 bits per heavy atom. The highest BCUT2D eigenvalue weighted by Crippen LogP contribution is 2.55. The Balaban J connectivity index is 1.64. The molecule has 13 heavy (non-hydrogen) atoms. The van der Waals surface area contributed by atoms with Gasteiger partial charge in [0.05, 0.1) is 0 Å². The molecule has 4 heteroatoms. The molecule has 3 saturated heterocycles. The Morgan fingerprint density at radius 3 is 1.46 bits per heavy atom. The molecule has 0 aromatic heterocycles. The van der Waals surface area contributed by atoms with Gasteiger partial charge in [-0.05, 0) is 12.8 Å². The third-order valence-corrected chi connectivity index (χ3v) is 5.66. The van der Waals surface area contributed by atoms with Crippen LogP contribution in [-0.4, -0.2) is 53.3 Å². The predicted molar refractivity (Wildman–Crippen MR) is 55.5 cm³/mol. The smallest absolute Gasteiger partial charge is 0.120 e. The summed E-state index contributed by atoms with van der Waals surface area (Å²) in [5.74, 6) is 0. The molecule has 3 aliphatic heterocycles. The van der Waals surface area contributed by atoms with E-state index in [0.29, 0.717) is 0 Å². The number of piperidine rings is 1. The van der Waals surface area contributed by atoms with Gasteiger partial charge in [0.2, 0.25) is 0 Å². The minimum absolute atomic E-state index is 0.0254. The lowest BCUT2D eigenvalue weighted by molar-refractivity contribution is 0.350. The van der Waals surface area contributed by atoms with Gasteiger partial charge in [0.25, 0.3) is 0 Å². The van der Waals surface area contributed by atoms with Crippen LogP contribution in [-0.2, 0) is 0 Å². The van der Waals surface area contributed by atoms with Crippen molar-refractivity contribution in [1.82, 2.24) is 14.0 Å². The van der Waals surface area contributed by atoms with E-state index in [-0.39, 0.29) is 8.37 Å². The molecular weight excluding hydrogens is 181 g/mol. The van der Waals surface area contributed by atoms with E-state index in [2.05, 4.69) is 14.0 Å². The third-order valence-electron chi connectivity index (χ3n) is 2.94. The summed E-state index contributed by atoms with van der Waals surface area (Å²) in [4.78, 5) is 0. The van der Waals surface area contributed by atoms with Crippen LogP contribution in [0.5, 0.6) is 0 Å². The molecule has 3 aliphatic rings. The Morgan fingerprint density at radius 1 is 0.538 bits per heavy atom. The number of hydrogen-bond acceptors (Lipinski definition) is 3. The molecule has 0 bridgehead atoms. The van der Waals surface area contributed by atoms with E-state index >= 15 is 0 Å². The third kappa shape index (κ3) is 1.89. The van der Waals surface area contributed by atoms with E-state index in [1.807, 2.05) is 0 Å². The summed E-state index contributed by atoms with van der Waals surface area (Å²) in [7, 11) is 0.0254. The van der Waals surface area contributed by atoms with E-state index < -0.39 is 0 Å². The molecule has 0 N–H and O–H groups in total. The molecule has 3 nitrogen and oxygen atoms in total. The van der Waals surface area contributed by atoms with E-state index in [0.717, 1.165) is 0 Å². The monoisotopic (exact) mass is 199 g/mol. The van der Waals surface area contributed by atoms with Crippen molar-refractivity contribution in [1.29, 1.82) is 0 Å². The fraction of sp³-hybridized carbons (Fsp3) is 1.00. The first-order valence-electron chi connectivity index (χ1n) is 5.50. The molecule has 0 unspecified atom stereocenters. The summed E-state index contributed by atoms with van der Waals surface area (Å²) in [5, 5.41) is 0. The molecular formula is C9H18N3P. The molecule has 0 radical (unpaired) electrons. The topological polar surface area (TPSA) is 9.26 Å². The second-order valence-corrected chi connectivity index (χ2v) is 6.42. The van der Waals surface area contributed by atoms with E-state index in [4.69, 9.17) is 0 Å². The second kappa shape index (κ2) is 3.47. The summed E-state index contributed by atoms with van der Waals surface area (Å²) in [6.07, 6.45) is 4.32. The second-order valence-electron chi connectivity index (χ2n) is 4.19. The average Bonchev–Trinajstić information content (AvgIpc) is 3.00. The maximum absolute atomic E-state index is 2.75. The number of hydrogen-bond donors (Lipinski definition) is 0. The predicted octanol–water partition coefficient (Wildman–Crippen LogP) is 1.33. The fourth-order valence-corrected chi connectivity index (χ4v) is 4.65. The van der Waals surface area contributed by atoms with Gasteiger partial charge in [-0.2, -0.15) is 0 Å². The van der Waals surface area contributed by atoms with Crippen molar-refractivity contribution in [3.63, 3.8) is 0 Å². The van der Waals surface area contributed by atoms with Gasteiger partial charge < -0.3 is 0 Å². The zero-order valence-electron chi connectivity index (χ0n) is 8.15.